The van der Waals surface area contributed by atoms with Crippen LogP contribution >= 0.6 is 11.6 Å². The number of carboxylic acids is 1. The third-order valence-electron chi connectivity index (χ3n) is 3.27. The van der Waals surface area contributed by atoms with E-state index in [1.807, 2.05) is 20.8 Å². The average Bonchev–Trinajstić information content (AvgIpc) is 2.34. The van der Waals surface area contributed by atoms with Gasteiger partial charge < -0.3 is 9.84 Å². The summed E-state index contributed by atoms with van der Waals surface area (Å²) in [6.07, 6.45) is 0.744. The van der Waals surface area contributed by atoms with Gasteiger partial charge in [0.1, 0.15) is 11.6 Å². The highest BCUT2D eigenvalue weighted by molar-refractivity contribution is 6.30. The van der Waals surface area contributed by atoms with Crippen LogP contribution in [0, 0.1) is 11.7 Å². The van der Waals surface area contributed by atoms with Crippen LogP contribution in [0.3, 0.4) is 0 Å². The minimum atomic E-state index is -1.66. The van der Waals surface area contributed by atoms with Gasteiger partial charge in [-0.2, -0.15) is 0 Å². The van der Waals surface area contributed by atoms with E-state index < -0.39 is 17.5 Å². The second kappa shape index (κ2) is 7.09. The molecule has 0 bridgehead atoms. The van der Waals surface area contributed by atoms with Gasteiger partial charge in [-0.1, -0.05) is 32.4 Å². The van der Waals surface area contributed by atoms with Crippen molar-refractivity contribution in [3.8, 4) is 5.75 Å². The summed E-state index contributed by atoms with van der Waals surface area (Å²) in [5.41, 5.74) is -1.66. The summed E-state index contributed by atoms with van der Waals surface area (Å²) in [4.78, 5) is 11.6. The molecule has 118 valence electrons. The van der Waals surface area contributed by atoms with Crippen LogP contribution in [0.2, 0.25) is 5.02 Å². The van der Waals surface area contributed by atoms with Gasteiger partial charge in [0.2, 0.25) is 0 Å². The van der Waals surface area contributed by atoms with E-state index in [0.717, 1.165) is 18.6 Å². The lowest BCUT2D eigenvalue weighted by atomic mass is 10.00. The third kappa shape index (κ3) is 4.86. The Balaban J connectivity index is 3.02. The molecule has 0 amide bonds. The summed E-state index contributed by atoms with van der Waals surface area (Å²) in [6, 6.07) is 3.56. The van der Waals surface area contributed by atoms with Gasteiger partial charge in [-0.15, -0.1) is 0 Å². The number of halogens is 2. The van der Waals surface area contributed by atoms with Gasteiger partial charge in [-0.3, -0.25) is 5.32 Å². The van der Waals surface area contributed by atoms with Crippen LogP contribution in [0.1, 0.15) is 34.1 Å². The number of hydrogen-bond donors (Lipinski definition) is 2. The highest BCUT2D eigenvalue weighted by Gasteiger charge is 2.38. The van der Waals surface area contributed by atoms with Crippen molar-refractivity contribution in [2.75, 3.05) is 0 Å². The standard InChI is InChI=1S/C15H21ClFNO3/c1-5-13(9(2)3)18-15(4,14(19)20)21-12-7-10(16)6-11(17)8-12/h6-9,13,18H,5H2,1-4H3,(H,19,20)/t13-,15+/m1/s1. The van der Waals surface area contributed by atoms with Crippen molar-refractivity contribution < 1.29 is 19.0 Å². The van der Waals surface area contributed by atoms with Gasteiger partial charge in [0.05, 0.1) is 0 Å². The van der Waals surface area contributed by atoms with Gasteiger partial charge in [-0.25, -0.2) is 9.18 Å². The number of ether oxygens (including phenoxy) is 1. The number of hydrogen-bond acceptors (Lipinski definition) is 3. The second-order valence-corrected chi connectivity index (χ2v) is 5.89. The highest BCUT2D eigenvalue weighted by Crippen LogP contribution is 2.24. The van der Waals surface area contributed by atoms with Gasteiger partial charge in [0, 0.05) is 24.1 Å². The third-order valence-corrected chi connectivity index (χ3v) is 3.49. The van der Waals surface area contributed by atoms with E-state index >= 15 is 0 Å². The quantitative estimate of drug-likeness (QED) is 0.753. The van der Waals surface area contributed by atoms with Crippen molar-refractivity contribution in [2.45, 2.75) is 45.9 Å². The summed E-state index contributed by atoms with van der Waals surface area (Å²) >= 11 is 5.75. The number of rotatable bonds is 7. The molecular formula is C15H21ClFNO3. The Bertz CT molecular complexity index is 489. The zero-order valence-corrected chi connectivity index (χ0v) is 13.4. The molecule has 6 heteroatoms. The lowest BCUT2D eigenvalue weighted by Crippen LogP contribution is -2.59. The predicted octanol–water partition coefficient (Wildman–Crippen LogP) is 3.68. The largest absolute Gasteiger partial charge is 0.477 e. The normalized spacial score (nSPS) is 15.6. The predicted molar refractivity (Wildman–Crippen MR) is 80.1 cm³/mol. The lowest BCUT2D eigenvalue weighted by Gasteiger charge is -2.33. The number of nitrogens with one attached hydrogen (secondary N) is 1. The van der Waals surface area contributed by atoms with E-state index in [2.05, 4.69) is 5.32 Å². The Morgan fingerprint density at radius 3 is 2.52 bits per heavy atom. The summed E-state index contributed by atoms with van der Waals surface area (Å²) in [5, 5.41) is 12.6. The SMILES string of the molecule is CC[C@@H](N[C@@](C)(Oc1cc(F)cc(Cl)c1)C(=O)O)C(C)C. The number of carboxylic acid groups (broad SMARTS) is 1. The monoisotopic (exact) mass is 317 g/mol. The van der Waals surface area contributed by atoms with Crippen molar-refractivity contribution in [2.24, 2.45) is 5.92 Å². The fourth-order valence-corrected chi connectivity index (χ4v) is 2.26. The maximum atomic E-state index is 13.3. The minimum Gasteiger partial charge on any atom is -0.477 e. The van der Waals surface area contributed by atoms with E-state index in [1.54, 1.807) is 0 Å². The van der Waals surface area contributed by atoms with Crippen LogP contribution in [-0.2, 0) is 4.79 Å². The molecule has 0 heterocycles. The van der Waals surface area contributed by atoms with Crippen molar-refractivity contribution in [1.82, 2.24) is 5.32 Å². The lowest BCUT2D eigenvalue weighted by molar-refractivity contribution is -0.158. The summed E-state index contributed by atoms with van der Waals surface area (Å²) in [6.45, 7) is 7.34. The molecule has 2 N–H and O–H groups in total. The van der Waals surface area contributed by atoms with Gasteiger partial charge in [0.25, 0.3) is 5.72 Å². The molecule has 0 saturated carbocycles. The zero-order chi connectivity index (χ0) is 16.2. The Kier molecular flexibility index (Phi) is 5.98. The average molecular weight is 318 g/mol. The number of carbonyl (C=O) groups is 1. The first-order chi connectivity index (χ1) is 9.67. The van der Waals surface area contributed by atoms with E-state index in [4.69, 9.17) is 16.3 Å². The fraction of sp³-hybridized carbons (Fsp3) is 0.533. The molecular weight excluding hydrogens is 297 g/mol. The molecule has 0 unspecified atom stereocenters. The van der Waals surface area contributed by atoms with E-state index in [0.29, 0.717) is 0 Å². The first-order valence-electron chi connectivity index (χ1n) is 6.84. The molecule has 0 spiro atoms. The van der Waals surface area contributed by atoms with Crippen LogP contribution in [0.4, 0.5) is 4.39 Å². The molecule has 4 nitrogen and oxygen atoms in total. The number of benzene rings is 1. The molecule has 0 saturated heterocycles. The van der Waals surface area contributed by atoms with Gasteiger partial charge >= 0.3 is 5.97 Å². The zero-order valence-electron chi connectivity index (χ0n) is 12.6. The Labute approximate surface area is 129 Å². The first-order valence-corrected chi connectivity index (χ1v) is 7.22. The molecule has 0 aliphatic carbocycles. The highest BCUT2D eigenvalue weighted by atomic mass is 35.5. The van der Waals surface area contributed by atoms with Crippen LogP contribution in [0.15, 0.2) is 18.2 Å². The molecule has 0 fully saturated rings. The number of aliphatic carboxylic acids is 1. The maximum Gasteiger partial charge on any atom is 0.363 e. The first kappa shape index (κ1) is 17.7. The van der Waals surface area contributed by atoms with Crippen LogP contribution < -0.4 is 10.1 Å². The van der Waals surface area contributed by atoms with Crippen molar-refractivity contribution in [3.63, 3.8) is 0 Å². The molecule has 1 aromatic carbocycles. The molecule has 1 rings (SSSR count). The summed E-state index contributed by atoms with van der Waals surface area (Å²) < 4.78 is 18.8. The molecule has 0 radical (unpaired) electrons. The van der Waals surface area contributed by atoms with Gasteiger partial charge in [-0.05, 0) is 24.5 Å². The Morgan fingerprint density at radius 1 is 1.48 bits per heavy atom. The smallest absolute Gasteiger partial charge is 0.363 e. The minimum absolute atomic E-state index is 0.0462. The topological polar surface area (TPSA) is 58.6 Å². The molecule has 0 aromatic heterocycles. The van der Waals surface area contributed by atoms with Gasteiger partial charge in [0.15, 0.2) is 0 Å². The van der Waals surface area contributed by atoms with Crippen molar-refractivity contribution in [1.29, 1.82) is 0 Å². The Morgan fingerprint density at radius 2 is 2.10 bits per heavy atom. The van der Waals surface area contributed by atoms with Crippen LogP contribution in [0.25, 0.3) is 0 Å². The summed E-state index contributed by atoms with van der Waals surface area (Å²) in [7, 11) is 0. The molecule has 1 aromatic rings. The van der Waals surface area contributed by atoms with E-state index in [1.165, 1.54) is 13.0 Å². The molecule has 2 atom stereocenters. The molecule has 0 aliphatic rings. The second-order valence-electron chi connectivity index (χ2n) is 5.45. The van der Waals surface area contributed by atoms with E-state index in [-0.39, 0.29) is 22.7 Å². The Hall–Kier alpha value is -1.33. The summed E-state index contributed by atoms with van der Waals surface area (Å²) in [5.74, 6) is -1.47. The van der Waals surface area contributed by atoms with Crippen molar-refractivity contribution in [3.05, 3.63) is 29.0 Å². The maximum absolute atomic E-state index is 13.3. The van der Waals surface area contributed by atoms with E-state index in [9.17, 15) is 14.3 Å². The fourth-order valence-electron chi connectivity index (χ4n) is 2.05. The molecule has 0 aliphatic heterocycles. The van der Waals surface area contributed by atoms with Crippen LogP contribution in [-0.4, -0.2) is 22.8 Å². The molecule has 21 heavy (non-hydrogen) atoms. The van der Waals surface area contributed by atoms with Crippen molar-refractivity contribution >= 4 is 17.6 Å². The van der Waals surface area contributed by atoms with Crippen LogP contribution in [0.5, 0.6) is 5.75 Å².